The number of aromatic nitrogens is 2. The van der Waals surface area contributed by atoms with E-state index < -0.39 is 22.5 Å². The second kappa shape index (κ2) is 6.48. The van der Waals surface area contributed by atoms with Gasteiger partial charge in [-0.05, 0) is 6.92 Å². The minimum atomic E-state index is -3.89. The highest BCUT2D eigenvalue weighted by atomic mass is 32.2. The Balaban J connectivity index is 2.71. The molecular weight excluding hydrogens is 288 g/mol. The molecule has 1 amide bonds. The van der Waals surface area contributed by atoms with Crippen LogP contribution in [0.15, 0.2) is 17.3 Å². The summed E-state index contributed by atoms with van der Waals surface area (Å²) >= 11 is 0. The minimum Gasteiger partial charge on any atom is -0.480 e. The third-order valence-corrected chi connectivity index (χ3v) is 3.89. The number of carbonyl (C=O) groups excluding carboxylic acids is 1. The fourth-order valence-electron chi connectivity index (χ4n) is 1.26. The summed E-state index contributed by atoms with van der Waals surface area (Å²) in [6.45, 7) is 1.43. The first-order chi connectivity index (χ1) is 9.26. The van der Waals surface area contributed by atoms with Crippen molar-refractivity contribution in [3.8, 4) is 0 Å². The lowest BCUT2D eigenvalue weighted by Gasteiger charge is -2.14. The van der Waals surface area contributed by atoms with Crippen molar-refractivity contribution in [2.45, 2.75) is 18.4 Å². The molecular formula is C10H16N4O5S. The van der Waals surface area contributed by atoms with Crippen molar-refractivity contribution < 1.29 is 23.1 Å². The van der Waals surface area contributed by atoms with Crippen LogP contribution in [0.5, 0.6) is 0 Å². The largest absolute Gasteiger partial charge is 0.480 e. The van der Waals surface area contributed by atoms with Gasteiger partial charge in [0.15, 0.2) is 0 Å². The van der Waals surface area contributed by atoms with Gasteiger partial charge in [0, 0.05) is 19.8 Å². The van der Waals surface area contributed by atoms with Gasteiger partial charge < -0.3 is 10.0 Å². The van der Waals surface area contributed by atoms with Gasteiger partial charge in [-0.15, -0.1) is 0 Å². The number of aliphatic carboxylic acids is 1. The number of carboxylic acid groups (broad SMARTS) is 1. The van der Waals surface area contributed by atoms with Gasteiger partial charge in [-0.3, -0.25) is 14.3 Å². The average Bonchev–Trinajstić information content (AvgIpc) is 2.83. The molecule has 10 heteroatoms. The van der Waals surface area contributed by atoms with E-state index in [0.29, 0.717) is 6.54 Å². The van der Waals surface area contributed by atoms with E-state index in [-0.39, 0.29) is 17.3 Å². The molecule has 1 aromatic heterocycles. The Labute approximate surface area is 116 Å². The van der Waals surface area contributed by atoms with Gasteiger partial charge in [0.2, 0.25) is 15.9 Å². The standard InChI is InChI=1S/C10H16N4O5S/c1-3-13(2)9(15)5-12-20(18,19)8-4-11-14(6-8)7-10(16)17/h4,6,12H,3,5,7H2,1-2H3,(H,16,17). The summed E-state index contributed by atoms with van der Waals surface area (Å²) < 4.78 is 26.8. The number of sulfonamides is 1. The normalized spacial score (nSPS) is 11.3. The molecule has 0 bridgehead atoms. The van der Waals surface area contributed by atoms with E-state index in [0.717, 1.165) is 17.1 Å². The van der Waals surface area contributed by atoms with Crippen molar-refractivity contribution in [2.75, 3.05) is 20.1 Å². The first-order valence-electron chi connectivity index (χ1n) is 5.74. The van der Waals surface area contributed by atoms with E-state index in [1.807, 2.05) is 0 Å². The number of carbonyl (C=O) groups is 2. The zero-order chi connectivity index (χ0) is 15.3. The number of likely N-dealkylation sites (N-methyl/N-ethyl adjacent to an activating group) is 1. The number of carboxylic acids is 1. The molecule has 1 aromatic rings. The Kier molecular flexibility index (Phi) is 5.22. The Morgan fingerprint density at radius 3 is 2.70 bits per heavy atom. The molecule has 0 aliphatic carbocycles. The van der Waals surface area contributed by atoms with Crippen molar-refractivity contribution in [1.29, 1.82) is 0 Å². The molecule has 0 fully saturated rings. The summed E-state index contributed by atoms with van der Waals surface area (Å²) in [7, 11) is -2.33. The maximum absolute atomic E-state index is 11.9. The number of hydrogen-bond donors (Lipinski definition) is 2. The average molecular weight is 304 g/mol. The second-order valence-electron chi connectivity index (χ2n) is 4.00. The first kappa shape index (κ1) is 16.1. The van der Waals surface area contributed by atoms with Crippen molar-refractivity contribution in [3.63, 3.8) is 0 Å². The van der Waals surface area contributed by atoms with Crippen LogP contribution in [0.2, 0.25) is 0 Å². The first-order valence-corrected chi connectivity index (χ1v) is 7.22. The zero-order valence-electron chi connectivity index (χ0n) is 11.1. The number of hydrogen-bond acceptors (Lipinski definition) is 5. The number of nitrogens with zero attached hydrogens (tertiary/aromatic N) is 3. The summed E-state index contributed by atoms with van der Waals surface area (Å²) in [6, 6.07) is 0. The molecule has 0 radical (unpaired) electrons. The Morgan fingerprint density at radius 2 is 2.15 bits per heavy atom. The van der Waals surface area contributed by atoms with Crippen LogP contribution in [0.1, 0.15) is 6.92 Å². The third kappa shape index (κ3) is 4.31. The van der Waals surface area contributed by atoms with Gasteiger partial charge in [0.05, 0.1) is 12.7 Å². The molecule has 20 heavy (non-hydrogen) atoms. The molecule has 1 rings (SSSR count). The molecule has 2 N–H and O–H groups in total. The smallest absolute Gasteiger partial charge is 0.325 e. The van der Waals surface area contributed by atoms with Gasteiger partial charge in [-0.2, -0.15) is 5.10 Å². The summed E-state index contributed by atoms with van der Waals surface area (Å²) in [5, 5.41) is 12.2. The topological polar surface area (TPSA) is 122 Å². The second-order valence-corrected chi connectivity index (χ2v) is 5.77. The molecule has 1 heterocycles. The molecule has 0 aliphatic rings. The maximum Gasteiger partial charge on any atom is 0.325 e. The molecule has 112 valence electrons. The number of rotatable bonds is 7. The Bertz CT molecular complexity index is 595. The highest BCUT2D eigenvalue weighted by Crippen LogP contribution is 2.06. The summed E-state index contributed by atoms with van der Waals surface area (Å²) in [5.41, 5.74) is 0. The molecule has 0 aliphatic heterocycles. The lowest BCUT2D eigenvalue weighted by atomic mass is 10.5. The lowest BCUT2D eigenvalue weighted by molar-refractivity contribution is -0.138. The summed E-state index contributed by atoms with van der Waals surface area (Å²) in [5.74, 6) is -1.50. The maximum atomic E-state index is 11.9. The van der Waals surface area contributed by atoms with Crippen LogP contribution >= 0.6 is 0 Å². The Morgan fingerprint density at radius 1 is 1.50 bits per heavy atom. The third-order valence-electron chi connectivity index (χ3n) is 2.53. The molecule has 0 aromatic carbocycles. The van der Waals surface area contributed by atoms with Gasteiger partial charge in [0.25, 0.3) is 0 Å². The van der Waals surface area contributed by atoms with E-state index in [9.17, 15) is 18.0 Å². The van der Waals surface area contributed by atoms with Crippen LogP contribution in [0, 0.1) is 0 Å². The molecule has 9 nitrogen and oxygen atoms in total. The molecule has 0 saturated heterocycles. The van der Waals surface area contributed by atoms with E-state index in [4.69, 9.17) is 5.11 Å². The fraction of sp³-hybridized carbons (Fsp3) is 0.500. The number of amides is 1. The van der Waals surface area contributed by atoms with Crippen molar-refractivity contribution >= 4 is 21.9 Å². The summed E-state index contributed by atoms with van der Waals surface area (Å²) in [4.78, 5) is 23.2. The lowest BCUT2D eigenvalue weighted by Crippen LogP contribution is -2.37. The van der Waals surface area contributed by atoms with E-state index in [2.05, 4.69) is 9.82 Å². The highest BCUT2D eigenvalue weighted by molar-refractivity contribution is 7.89. The molecule has 0 unspecified atom stereocenters. The van der Waals surface area contributed by atoms with Gasteiger partial charge >= 0.3 is 5.97 Å². The molecule has 0 saturated carbocycles. The van der Waals surface area contributed by atoms with Gasteiger partial charge in [-0.1, -0.05) is 0 Å². The minimum absolute atomic E-state index is 0.189. The predicted octanol–water partition coefficient (Wildman–Crippen LogP) is -1.28. The molecule has 0 spiro atoms. The quantitative estimate of drug-likeness (QED) is 0.647. The Hall–Kier alpha value is -1.94. The summed E-state index contributed by atoms with van der Waals surface area (Å²) in [6.07, 6.45) is 2.11. The van der Waals surface area contributed by atoms with Crippen molar-refractivity contribution in [1.82, 2.24) is 19.4 Å². The van der Waals surface area contributed by atoms with Crippen molar-refractivity contribution in [2.24, 2.45) is 0 Å². The molecule has 0 atom stereocenters. The van der Waals surface area contributed by atoms with E-state index in [1.165, 1.54) is 4.90 Å². The van der Waals surface area contributed by atoms with Crippen LogP contribution in [0.3, 0.4) is 0 Å². The van der Waals surface area contributed by atoms with Crippen LogP contribution in [-0.4, -0.2) is 60.2 Å². The monoisotopic (exact) mass is 304 g/mol. The zero-order valence-corrected chi connectivity index (χ0v) is 11.9. The van der Waals surface area contributed by atoms with Crippen LogP contribution in [-0.2, 0) is 26.2 Å². The highest BCUT2D eigenvalue weighted by Gasteiger charge is 2.19. The van der Waals surface area contributed by atoms with Gasteiger partial charge in [-0.25, -0.2) is 13.1 Å². The SMILES string of the molecule is CCN(C)C(=O)CNS(=O)(=O)c1cnn(CC(=O)O)c1. The predicted molar refractivity (Wildman–Crippen MR) is 68.4 cm³/mol. The van der Waals surface area contributed by atoms with Crippen LogP contribution in [0.4, 0.5) is 0 Å². The van der Waals surface area contributed by atoms with Crippen LogP contribution < -0.4 is 4.72 Å². The number of nitrogens with one attached hydrogen (secondary N) is 1. The van der Waals surface area contributed by atoms with Crippen molar-refractivity contribution in [3.05, 3.63) is 12.4 Å². The van der Waals surface area contributed by atoms with Gasteiger partial charge in [0.1, 0.15) is 11.4 Å². The van der Waals surface area contributed by atoms with E-state index >= 15 is 0 Å². The fourth-order valence-corrected chi connectivity index (χ4v) is 2.19. The van der Waals surface area contributed by atoms with Crippen LogP contribution in [0.25, 0.3) is 0 Å². The van der Waals surface area contributed by atoms with E-state index in [1.54, 1.807) is 14.0 Å².